The predicted octanol–water partition coefficient (Wildman–Crippen LogP) is 5.49. The zero-order chi connectivity index (χ0) is 24.4. The summed E-state index contributed by atoms with van der Waals surface area (Å²) < 4.78 is 11.1. The van der Waals surface area contributed by atoms with Gasteiger partial charge in [-0.15, -0.1) is 0 Å². The molecule has 0 N–H and O–H groups in total. The number of aryl methyl sites for hydroxylation is 1. The fourth-order valence-corrected chi connectivity index (χ4v) is 5.45. The van der Waals surface area contributed by atoms with Crippen LogP contribution in [0, 0.1) is 12.8 Å². The maximum Gasteiger partial charge on any atom is 0.254 e. The van der Waals surface area contributed by atoms with E-state index >= 15 is 0 Å². The van der Waals surface area contributed by atoms with Gasteiger partial charge in [0, 0.05) is 43.7 Å². The smallest absolute Gasteiger partial charge is 0.254 e. The van der Waals surface area contributed by atoms with Crippen LogP contribution < -0.4 is 9.47 Å². The molecule has 0 aromatic heterocycles. The third kappa shape index (κ3) is 5.06. The van der Waals surface area contributed by atoms with Gasteiger partial charge in [-0.05, 0) is 67.6 Å². The van der Waals surface area contributed by atoms with Crippen molar-refractivity contribution in [3.8, 4) is 11.5 Å². The molecule has 2 aliphatic rings. The number of hydrogen-bond donors (Lipinski definition) is 0. The minimum Gasteiger partial charge on any atom is -0.454 e. The van der Waals surface area contributed by atoms with Gasteiger partial charge in [-0.25, -0.2) is 0 Å². The Bertz CT molecular complexity index is 1180. The summed E-state index contributed by atoms with van der Waals surface area (Å²) in [6, 6.07) is 24.7. The lowest BCUT2D eigenvalue weighted by molar-refractivity contribution is 0.0668. The highest BCUT2D eigenvalue weighted by molar-refractivity contribution is 5.94. The molecule has 0 aliphatic carbocycles. The molecule has 1 fully saturated rings. The average molecular weight is 471 g/mol. The Morgan fingerprint density at radius 3 is 2.49 bits per heavy atom. The van der Waals surface area contributed by atoms with Crippen molar-refractivity contribution in [1.82, 2.24) is 9.80 Å². The normalized spacial score (nSPS) is 19.3. The van der Waals surface area contributed by atoms with Gasteiger partial charge in [0.25, 0.3) is 5.91 Å². The number of amides is 1. The van der Waals surface area contributed by atoms with Crippen molar-refractivity contribution in [2.45, 2.75) is 39.3 Å². The highest BCUT2D eigenvalue weighted by Crippen LogP contribution is 2.37. The number of hydrogen-bond acceptors (Lipinski definition) is 4. The Hall–Kier alpha value is -3.31. The van der Waals surface area contributed by atoms with Crippen LogP contribution in [0.2, 0.25) is 0 Å². The van der Waals surface area contributed by atoms with Crippen molar-refractivity contribution in [1.29, 1.82) is 0 Å². The lowest BCUT2D eigenvalue weighted by atomic mass is 9.86. The molecule has 2 heterocycles. The number of likely N-dealkylation sites (tertiary alicyclic amines) is 1. The summed E-state index contributed by atoms with van der Waals surface area (Å²) in [6.45, 7) is 10.2. The van der Waals surface area contributed by atoms with Crippen molar-refractivity contribution < 1.29 is 14.3 Å². The molecule has 0 radical (unpaired) electrons. The van der Waals surface area contributed by atoms with E-state index in [0.29, 0.717) is 18.6 Å². The molecular weight excluding hydrogens is 436 g/mol. The zero-order valence-electron chi connectivity index (χ0n) is 20.8. The molecule has 5 heteroatoms. The number of fused-ring (bicyclic) bond motifs is 1. The molecular formula is C30H34N2O3. The number of nitrogens with zero attached hydrogens (tertiary/aromatic N) is 2. The lowest BCUT2D eigenvalue weighted by Gasteiger charge is -2.32. The third-order valence-electron chi connectivity index (χ3n) is 7.28. The summed E-state index contributed by atoms with van der Waals surface area (Å²) in [5, 5.41) is 0. The van der Waals surface area contributed by atoms with E-state index < -0.39 is 0 Å². The Labute approximate surface area is 208 Å². The Morgan fingerprint density at radius 1 is 0.971 bits per heavy atom. The van der Waals surface area contributed by atoms with Crippen LogP contribution >= 0.6 is 0 Å². The largest absolute Gasteiger partial charge is 0.454 e. The molecule has 5 rings (SSSR count). The quantitative estimate of drug-likeness (QED) is 0.458. The number of benzene rings is 3. The lowest BCUT2D eigenvalue weighted by Crippen LogP contribution is -2.42. The number of carbonyl (C=O) groups is 1. The van der Waals surface area contributed by atoms with E-state index in [9.17, 15) is 4.79 Å². The summed E-state index contributed by atoms with van der Waals surface area (Å²) in [5.41, 5.74) is 4.68. The topological polar surface area (TPSA) is 42.0 Å². The molecule has 2 unspecified atom stereocenters. The SMILES string of the molecule is Cc1ccccc1C1CN(Cc2ccc3c(c2)OCO3)CC1CN(C(=O)c1ccccc1)C(C)C. The molecule has 0 saturated carbocycles. The van der Waals surface area contributed by atoms with Crippen molar-refractivity contribution in [3.05, 3.63) is 95.1 Å². The second kappa shape index (κ2) is 10.1. The van der Waals surface area contributed by atoms with Crippen LogP contribution in [-0.4, -0.2) is 48.2 Å². The average Bonchev–Trinajstić information content (AvgIpc) is 3.49. The summed E-state index contributed by atoms with van der Waals surface area (Å²) in [7, 11) is 0. The van der Waals surface area contributed by atoms with Gasteiger partial charge in [0.1, 0.15) is 0 Å². The minimum absolute atomic E-state index is 0.110. The molecule has 0 spiro atoms. The van der Waals surface area contributed by atoms with Crippen molar-refractivity contribution >= 4 is 5.91 Å². The molecule has 1 amide bonds. The predicted molar refractivity (Wildman–Crippen MR) is 138 cm³/mol. The van der Waals surface area contributed by atoms with Gasteiger partial charge in [0.05, 0.1) is 0 Å². The number of rotatable bonds is 7. The molecule has 1 saturated heterocycles. The molecule has 3 aromatic carbocycles. The monoisotopic (exact) mass is 470 g/mol. The van der Waals surface area contributed by atoms with Crippen LogP contribution in [0.25, 0.3) is 0 Å². The first-order chi connectivity index (χ1) is 17.0. The molecule has 5 nitrogen and oxygen atoms in total. The minimum atomic E-state index is 0.110. The Kier molecular flexibility index (Phi) is 6.78. The first-order valence-corrected chi connectivity index (χ1v) is 12.5. The van der Waals surface area contributed by atoms with E-state index in [2.05, 4.69) is 67.0 Å². The van der Waals surface area contributed by atoms with Gasteiger partial charge in [-0.1, -0.05) is 48.5 Å². The van der Waals surface area contributed by atoms with Gasteiger partial charge in [0.15, 0.2) is 11.5 Å². The first-order valence-electron chi connectivity index (χ1n) is 12.5. The fourth-order valence-electron chi connectivity index (χ4n) is 5.45. The van der Waals surface area contributed by atoms with Gasteiger partial charge in [-0.2, -0.15) is 0 Å². The van der Waals surface area contributed by atoms with Gasteiger partial charge >= 0.3 is 0 Å². The van der Waals surface area contributed by atoms with E-state index in [4.69, 9.17) is 9.47 Å². The van der Waals surface area contributed by atoms with E-state index in [1.807, 2.05) is 36.4 Å². The van der Waals surface area contributed by atoms with Crippen LogP contribution in [0.1, 0.15) is 46.8 Å². The van der Waals surface area contributed by atoms with E-state index in [0.717, 1.165) is 43.2 Å². The second-order valence-corrected chi connectivity index (χ2v) is 10.0. The molecule has 182 valence electrons. The van der Waals surface area contributed by atoms with Crippen LogP contribution in [-0.2, 0) is 6.54 Å². The number of carbonyl (C=O) groups excluding carboxylic acids is 1. The van der Waals surface area contributed by atoms with Crippen LogP contribution in [0.4, 0.5) is 0 Å². The summed E-state index contributed by atoms with van der Waals surface area (Å²) in [6.07, 6.45) is 0. The number of ether oxygens (including phenoxy) is 2. The molecule has 3 aromatic rings. The molecule has 0 bridgehead atoms. The van der Waals surface area contributed by atoms with Crippen molar-refractivity contribution in [3.63, 3.8) is 0 Å². The molecule has 2 aliphatic heterocycles. The summed E-state index contributed by atoms with van der Waals surface area (Å²) in [5.74, 6) is 2.47. The summed E-state index contributed by atoms with van der Waals surface area (Å²) >= 11 is 0. The Balaban J connectivity index is 1.39. The third-order valence-corrected chi connectivity index (χ3v) is 7.28. The first kappa shape index (κ1) is 23.4. The standard InChI is InChI=1S/C30H34N2O3/c1-21(2)32(30(33)24-10-5-4-6-11-24)18-25-17-31(19-27(25)26-12-8-7-9-22(26)3)16-23-13-14-28-29(15-23)35-20-34-28/h4-15,21,25,27H,16-20H2,1-3H3. The molecule has 2 atom stereocenters. The van der Waals surface area contributed by atoms with Crippen molar-refractivity contribution in [2.75, 3.05) is 26.4 Å². The van der Waals surface area contributed by atoms with Crippen LogP contribution in [0.15, 0.2) is 72.8 Å². The fraction of sp³-hybridized carbons (Fsp3) is 0.367. The maximum atomic E-state index is 13.5. The highest BCUT2D eigenvalue weighted by atomic mass is 16.7. The maximum absolute atomic E-state index is 13.5. The van der Waals surface area contributed by atoms with Gasteiger partial charge in [0.2, 0.25) is 6.79 Å². The Morgan fingerprint density at radius 2 is 1.71 bits per heavy atom. The highest BCUT2D eigenvalue weighted by Gasteiger charge is 2.37. The molecule has 35 heavy (non-hydrogen) atoms. The van der Waals surface area contributed by atoms with Gasteiger partial charge in [-0.3, -0.25) is 9.69 Å². The summed E-state index contributed by atoms with van der Waals surface area (Å²) in [4.78, 5) is 18.0. The van der Waals surface area contributed by atoms with Crippen molar-refractivity contribution in [2.24, 2.45) is 5.92 Å². The van der Waals surface area contributed by atoms with E-state index in [1.54, 1.807) is 0 Å². The van der Waals surface area contributed by atoms with E-state index in [-0.39, 0.29) is 11.9 Å². The second-order valence-electron chi connectivity index (χ2n) is 10.0. The van der Waals surface area contributed by atoms with Crippen LogP contribution in [0.3, 0.4) is 0 Å². The zero-order valence-corrected chi connectivity index (χ0v) is 20.8. The van der Waals surface area contributed by atoms with E-state index in [1.165, 1.54) is 16.7 Å². The van der Waals surface area contributed by atoms with Crippen LogP contribution in [0.5, 0.6) is 11.5 Å². The van der Waals surface area contributed by atoms with Gasteiger partial charge < -0.3 is 14.4 Å².